The molecule has 0 fully saturated rings. The number of furan rings is 1. The fraction of sp³-hybridized carbons (Fsp3) is 0.265. The topological polar surface area (TPSA) is 50.8 Å². The Bertz CT molecular complexity index is 1690. The molecule has 6 rings (SSSR count). The lowest BCUT2D eigenvalue weighted by atomic mass is 9.79. The predicted octanol–water partition coefficient (Wildman–Crippen LogP) is 8.15. The molecule has 2 aliphatic heterocycles. The Hall–Kier alpha value is -4.05. The van der Waals surface area contributed by atoms with Crippen LogP contribution in [0.1, 0.15) is 61.1 Å². The van der Waals surface area contributed by atoms with Gasteiger partial charge in [-0.3, -0.25) is 9.98 Å². The fourth-order valence-electron chi connectivity index (χ4n) is 5.98. The van der Waals surface area contributed by atoms with Crippen molar-refractivity contribution in [2.24, 2.45) is 15.4 Å². The first kappa shape index (κ1) is 24.3. The summed E-state index contributed by atoms with van der Waals surface area (Å²) in [7, 11) is 0. The summed E-state index contributed by atoms with van der Waals surface area (Å²) in [4.78, 5) is 15.0. The van der Waals surface area contributed by atoms with Crippen molar-refractivity contribution in [1.82, 2.24) is 4.98 Å². The summed E-state index contributed by atoms with van der Waals surface area (Å²) in [5.41, 5.74) is 9.64. The Labute approximate surface area is 224 Å². The van der Waals surface area contributed by atoms with Crippen LogP contribution in [0.3, 0.4) is 0 Å². The standard InChI is InChI=1S/C34H33N3O/c1-7-28-24-12-10-9-11-23(24)25-16-13-21-14-17-26-27-18-15-22(19-34(4,5)6)36-33(27)38-32(26)30(21)29(8-2)35-20(3)31(25)37-28/h7-12,14-15,17-18,25,31H,1-3,13,16,19H2,4-6H3/b35-29-. The molecule has 0 saturated heterocycles. The molecule has 4 nitrogen and oxygen atoms in total. The second-order valence-corrected chi connectivity index (χ2v) is 11.6. The van der Waals surface area contributed by atoms with Gasteiger partial charge in [0, 0.05) is 33.5 Å². The van der Waals surface area contributed by atoms with Crippen molar-refractivity contribution in [3.63, 3.8) is 0 Å². The average Bonchev–Trinajstić information content (AvgIpc) is 3.28. The molecule has 2 atom stereocenters. The highest BCUT2D eigenvalue weighted by atomic mass is 16.3. The zero-order valence-electron chi connectivity index (χ0n) is 22.4. The van der Waals surface area contributed by atoms with Crippen LogP contribution in [0.4, 0.5) is 0 Å². The molecule has 190 valence electrons. The third-order valence-electron chi connectivity index (χ3n) is 7.63. The van der Waals surface area contributed by atoms with E-state index in [-0.39, 0.29) is 17.4 Å². The van der Waals surface area contributed by atoms with Crippen molar-refractivity contribution in [1.29, 1.82) is 0 Å². The van der Waals surface area contributed by atoms with Crippen LogP contribution in [0.2, 0.25) is 0 Å². The first-order valence-corrected chi connectivity index (χ1v) is 13.3. The normalized spacial score (nSPS) is 20.8. The lowest BCUT2D eigenvalue weighted by molar-refractivity contribution is 0.406. The van der Waals surface area contributed by atoms with Gasteiger partial charge >= 0.3 is 0 Å². The Morgan fingerprint density at radius 3 is 2.50 bits per heavy atom. The molecule has 0 spiro atoms. The monoisotopic (exact) mass is 499 g/mol. The third kappa shape index (κ3) is 4.05. The Morgan fingerprint density at radius 2 is 1.74 bits per heavy atom. The van der Waals surface area contributed by atoms with Crippen LogP contribution < -0.4 is 0 Å². The second-order valence-electron chi connectivity index (χ2n) is 11.6. The minimum absolute atomic E-state index is 0.145. The SMILES string of the molecule is C=CC1=NC2C(=C)/N=C(/C=C)c3c(ccc4c3oc3nc(CC(C)(C)C)ccc34)CCC2c2ccccc21. The molecule has 2 aromatic heterocycles. The molecule has 0 saturated carbocycles. The minimum atomic E-state index is -0.157. The van der Waals surface area contributed by atoms with E-state index < -0.39 is 0 Å². The Morgan fingerprint density at radius 1 is 0.974 bits per heavy atom. The average molecular weight is 500 g/mol. The first-order chi connectivity index (χ1) is 18.3. The van der Waals surface area contributed by atoms with Gasteiger partial charge < -0.3 is 4.42 Å². The van der Waals surface area contributed by atoms with E-state index in [2.05, 4.69) is 89.0 Å². The number of allylic oxidation sites excluding steroid dienone is 2. The van der Waals surface area contributed by atoms with Crippen LogP contribution in [0.15, 0.2) is 101 Å². The zero-order valence-corrected chi connectivity index (χ0v) is 22.4. The van der Waals surface area contributed by atoms with Crippen LogP contribution in [0.25, 0.3) is 22.1 Å². The zero-order chi connectivity index (χ0) is 26.6. The van der Waals surface area contributed by atoms with E-state index in [1.54, 1.807) is 0 Å². The first-order valence-electron chi connectivity index (χ1n) is 13.3. The molecule has 2 unspecified atom stereocenters. The molecule has 2 aromatic carbocycles. The highest BCUT2D eigenvalue weighted by molar-refractivity contribution is 6.20. The van der Waals surface area contributed by atoms with Crippen LogP contribution >= 0.6 is 0 Å². The summed E-state index contributed by atoms with van der Waals surface area (Å²) < 4.78 is 6.51. The van der Waals surface area contributed by atoms with Crippen molar-refractivity contribution in [3.8, 4) is 0 Å². The maximum Gasteiger partial charge on any atom is 0.227 e. The van der Waals surface area contributed by atoms with Gasteiger partial charge in [-0.1, -0.05) is 76.9 Å². The van der Waals surface area contributed by atoms with Crippen molar-refractivity contribution < 1.29 is 4.42 Å². The molecular weight excluding hydrogens is 466 g/mol. The third-order valence-corrected chi connectivity index (χ3v) is 7.63. The number of rotatable bonds is 3. The number of benzene rings is 2. The van der Waals surface area contributed by atoms with E-state index >= 15 is 0 Å². The van der Waals surface area contributed by atoms with E-state index in [4.69, 9.17) is 19.4 Å². The van der Waals surface area contributed by atoms with E-state index in [1.165, 1.54) is 11.1 Å². The molecule has 0 amide bonds. The van der Waals surface area contributed by atoms with Gasteiger partial charge in [0.1, 0.15) is 5.58 Å². The molecule has 0 bridgehead atoms. The highest BCUT2D eigenvalue weighted by Crippen LogP contribution is 2.41. The lowest BCUT2D eigenvalue weighted by Gasteiger charge is -2.31. The molecular formula is C34H33N3O. The van der Waals surface area contributed by atoms with Crippen LogP contribution in [-0.4, -0.2) is 22.4 Å². The van der Waals surface area contributed by atoms with E-state index in [0.29, 0.717) is 5.71 Å². The van der Waals surface area contributed by atoms with Gasteiger partial charge in [0.05, 0.1) is 23.2 Å². The summed E-state index contributed by atoms with van der Waals surface area (Å²) in [5.74, 6) is 0.177. The van der Waals surface area contributed by atoms with E-state index in [1.807, 2.05) is 12.2 Å². The Balaban J connectivity index is 1.53. The van der Waals surface area contributed by atoms with Crippen molar-refractivity contribution in [3.05, 3.63) is 114 Å². The maximum absolute atomic E-state index is 6.51. The Kier molecular flexibility index (Phi) is 5.79. The highest BCUT2D eigenvalue weighted by Gasteiger charge is 2.33. The molecule has 0 aliphatic carbocycles. The molecule has 2 aliphatic rings. The summed E-state index contributed by atoms with van der Waals surface area (Å²) in [5, 5.41) is 2.06. The summed E-state index contributed by atoms with van der Waals surface area (Å²) in [6.45, 7) is 19.2. The summed E-state index contributed by atoms with van der Waals surface area (Å²) >= 11 is 0. The van der Waals surface area contributed by atoms with Gasteiger partial charge in [-0.15, -0.1) is 0 Å². The predicted molar refractivity (Wildman–Crippen MR) is 159 cm³/mol. The smallest absolute Gasteiger partial charge is 0.227 e. The number of aromatic nitrogens is 1. The number of pyridine rings is 1. The van der Waals surface area contributed by atoms with Crippen molar-refractivity contribution >= 4 is 33.5 Å². The summed E-state index contributed by atoms with van der Waals surface area (Å²) in [6.07, 6.45) is 6.31. The van der Waals surface area contributed by atoms with E-state index in [9.17, 15) is 0 Å². The number of aryl methyl sites for hydroxylation is 1. The quantitative estimate of drug-likeness (QED) is 0.286. The molecule has 4 aromatic rings. The fourth-order valence-corrected chi connectivity index (χ4v) is 5.98. The molecule has 4 heteroatoms. The summed E-state index contributed by atoms with van der Waals surface area (Å²) in [6, 6.07) is 17.0. The number of hydrogen-bond acceptors (Lipinski definition) is 4. The van der Waals surface area contributed by atoms with Gasteiger partial charge in [-0.2, -0.15) is 0 Å². The van der Waals surface area contributed by atoms with Gasteiger partial charge in [0.15, 0.2) is 0 Å². The maximum atomic E-state index is 6.51. The van der Waals surface area contributed by atoms with E-state index in [0.717, 1.165) is 69.6 Å². The number of hydrogen-bond donors (Lipinski definition) is 0. The van der Waals surface area contributed by atoms with Crippen LogP contribution in [-0.2, 0) is 12.8 Å². The van der Waals surface area contributed by atoms with Crippen LogP contribution in [0.5, 0.6) is 0 Å². The van der Waals surface area contributed by atoms with Gasteiger partial charge in [-0.05, 0) is 60.1 Å². The number of aliphatic imine (C=N–C) groups is 2. The lowest BCUT2D eigenvalue weighted by Crippen LogP contribution is -2.27. The number of fused-ring (bicyclic) bond motifs is 8. The second kappa shape index (κ2) is 9.05. The molecule has 38 heavy (non-hydrogen) atoms. The molecule has 0 N–H and O–H groups in total. The van der Waals surface area contributed by atoms with Gasteiger partial charge in [-0.25, -0.2) is 4.98 Å². The largest absolute Gasteiger partial charge is 0.437 e. The minimum Gasteiger partial charge on any atom is -0.437 e. The van der Waals surface area contributed by atoms with Crippen molar-refractivity contribution in [2.75, 3.05) is 0 Å². The number of nitrogens with zero attached hydrogens (tertiary/aromatic N) is 3. The molecule has 0 radical (unpaired) electrons. The van der Waals surface area contributed by atoms with Gasteiger partial charge in [0.25, 0.3) is 0 Å². The molecule has 4 heterocycles. The van der Waals surface area contributed by atoms with Crippen LogP contribution in [0, 0.1) is 5.41 Å². The van der Waals surface area contributed by atoms with Gasteiger partial charge in [0.2, 0.25) is 5.71 Å². The van der Waals surface area contributed by atoms with Crippen molar-refractivity contribution in [2.45, 2.75) is 52.0 Å².